The number of nitrogens with one attached hydrogen (secondary N) is 1. The van der Waals surface area contributed by atoms with Crippen LogP contribution in [-0.4, -0.2) is 12.6 Å². The van der Waals surface area contributed by atoms with Gasteiger partial charge >= 0.3 is 0 Å². The van der Waals surface area contributed by atoms with E-state index in [0.717, 1.165) is 12.1 Å². The minimum absolute atomic E-state index is 0.153. The average Bonchev–Trinajstić information content (AvgIpc) is 3.33. The quantitative estimate of drug-likeness (QED) is 0.844. The molecule has 1 aliphatic carbocycles. The second-order valence-corrected chi connectivity index (χ2v) is 6.50. The molecule has 1 aliphatic heterocycles. The van der Waals surface area contributed by atoms with Crippen molar-refractivity contribution in [1.82, 2.24) is 0 Å². The summed E-state index contributed by atoms with van der Waals surface area (Å²) in [6.07, 6.45) is 2.55. The number of fused-ring (bicyclic) bond motifs is 1. The Kier molecular flexibility index (Phi) is 3.24. The summed E-state index contributed by atoms with van der Waals surface area (Å²) in [5, 5.41) is 4.91. The smallest absolute Gasteiger partial charge is 0.0704 e. The van der Waals surface area contributed by atoms with Crippen molar-refractivity contribution < 1.29 is 0 Å². The number of nitrogens with zero attached hydrogens (tertiary/aromatic N) is 1. The Morgan fingerprint density at radius 1 is 1.19 bits per heavy atom. The van der Waals surface area contributed by atoms with Crippen molar-refractivity contribution in [2.24, 2.45) is 0 Å². The third kappa shape index (κ3) is 2.47. The Labute approximate surface area is 134 Å². The van der Waals surface area contributed by atoms with E-state index < -0.39 is 0 Å². The van der Waals surface area contributed by atoms with Crippen LogP contribution in [0, 0.1) is 6.07 Å². The molecule has 1 atom stereocenters. The molecule has 0 spiro atoms. The van der Waals surface area contributed by atoms with Gasteiger partial charge in [0.15, 0.2) is 0 Å². The second kappa shape index (κ2) is 5.11. The van der Waals surface area contributed by atoms with Gasteiger partial charge in [-0.1, -0.05) is 35.3 Å². The molecule has 1 N–H and O–H groups in total. The van der Waals surface area contributed by atoms with Gasteiger partial charge in [0.1, 0.15) is 0 Å². The van der Waals surface area contributed by atoms with Crippen LogP contribution < -0.4 is 10.2 Å². The summed E-state index contributed by atoms with van der Waals surface area (Å²) >= 11 is 12.4. The Bertz CT molecular complexity index is 682. The van der Waals surface area contributed by atoms with Crippen molar-refractivity contribution in [3.63, 3.8) is 0 Å². The van der Waals surface area contributed by atoms with Crippen LogP contribution in [0.5, 0.6) is 0 Å². The Hall–Kier alpha value is -1.38. The molecular weight excluding hydrogens is 303 g/mol. The summed E-state index contributed by atoms with van der Waals surface area (Å²) in [5.74, 6) is 0. The van der Waals surface area contributed by atoms with E-state index in [2.05, 4.69) is 40.5 Å². The van der Waals surface area contributed by atoms with Gasteiger partial charge in [0.2, 0.25) is 0 Å². The van der Waals surface area contributed by atoms with E-state index in [1.807, 2.05) is 6.07 Å². The highest BCUT2D eigenvalue weighted by Gasteiger charge is 2.35. The lowest BCUT2D eigenvalue weighted by atomic mass is 10.0. The van der Waals surface area contributed by atoms with E-state index in [4.69, 9.17) is 23.2 Å². The zero-order chi connectivity index (χ0) is 14.4. The molecule has 1 unspecified atom stereocenters. The van der Waals surface area contributed by atoms with Gasteiger partial charge in [0, 0.05) is 28.7 Å². The van der Waals surface area contributed by atoms with Crippen LogP contribution >= 0.6 is 23.2 Å². The summed E-state index contributed by atoms with van der Waals surface area (Å²) < 4.78 is 0. The molecule has 4 heteroatoms. The summed E-state index contributed by atoms with van der Waals surface area (Å²) in [6.45, 7) is 0.918. The molecule has 1 saturated carbocycles. The molecule has 1 heterocycles. The van der Waals surface area contributed by atoms with E-state index >= 15 is 0 Å². The van der Waals surface area contributed by atoms with Crippen LogP contribution in [-0.2, 0) is 0 Å². The standard InChI is InChI=1S/C17H15Cl2N2/c18-11-5-8-14(19)13(9-11)16-10-21(12-6-7-12)17-4-2-1-3-15(17)20-16/h1-4,8-9,12,16,20H,6-7,10H2. The van der Waals surface area contributed by atoms with Crippen molar-refractivity contribution in [2.45, 2.75) is 24.9 Å². The monoisotopic (exact) mass is 317 g/mol. The first kappa shape index (κ1) is 13.3. The topological polar surface area (TPSA) is 15.3 Å². The molecule has 0 saturated heterocycles. The largest absolute Gasteiger partial charge is 0.375 e. The third-order valence-corrected chi connectivity index (χ3v) is 4.73. The average molecular weight is 318 g/mol. The van der Waals surface area contributed by atoms with Gasteiger partial charge in [0.25, 0.3) is 0 Å². The molecule has 2 aromatic carbocycles. The van der Waals surface area contributed by atoms with Crippen molar-refractivity contribution in [2.75, 3.05) is 16.8 Å². The number of hydrogen-bond acceptors (Lipinski definition) is 2. The number of anilines is 2. The molecule has 4 rings (SSSR count). The van der Waals surface area contributed by atoms with E-state index in [1.54, 1.807) is 6.07 Å². The van der Waals surface area contributed by atoms with Crippen LogP contribution in [0.4, 0.5) is 11.4 Å². The third-order valence-electron chi connectivity index (χ3n) is 4.18. The molecule has 0 aromatic heterocycles. The molecule has 2 aliphatic rings. The summed E-state index contributed by atoms with van der Waals surface area (Å²) in [6, 6.07) is 15.9. The van der Waals surface area contributed by atoms with Crippen molar-refractivity contribution in [3.05, 3.63) is 58.1 Å². The molecule has 0 amide bonds. The molecule has 0 bridgehead atoms. The highest BCUT2D eigenvalue weighted by Crippen LogP contribution is 2.42. The highest BCUT2D eigenvalue weighted by molar-refractivity contribution is 6.33. The van der Waals surface area contributed by atoms with E-state index in [1.165, 1.54) is 24.2 Å². The highest BCUT2D eigenvalue weighted by atomic mass is 35.5. The molecule has 1 radical (unpaired) electrons. The first-order valence-electron chi connectivity index (χ1n) is 7.21. The SMILES string of the molecule is Clc1[c]cc(Cl)c(C2CN(C3CC3)c3ccccc3N2)c1. The lowest BCUT2D eigenvalue weighted by Crippen LogP contribution is -2.38. The maximum atomic E-state index is 6.35. The van der Waals surface area contributed by atoms with Crippen LogP contribution in [0.1, 0.15) is 24.4 Å². The number of para-hydroxylation sites is 2. The number of rotatable bonds is 2. The van der Waals surface area contributed by atoms with Crippen LogP contribution in [0.15, 0.2) is 36.4 Å². The lowest BCUT2D eigenvalue weighted by Gasteiger charge is -2.38. The van der Waals surface area contributed by atoms with Gasteiger partial charge in [-0.3, -0.25) is 0 Å². The summed E-state index contributed by atoms with van der Waals surface area (Å²) in [4.78, 5) is 2.50. The van der Waals surface area contributed by atoms with Gasteiger partial charge in [-0.25, -0.2) is 0 Å². The molecule has 21 heavy (non-hydrogen) atoms. The van der Waals surface area contributed by atoms with E-state index in [-0.39, 0.29) is 6.04 Å². The van der Waals surface area contributed by atoms with Crippen molar-refractivity contribution in [1.29, 1.82) is 0 Å². The predicted octanol–water partition coefficient (Wildman–Crippen LogP) is 4.93. The van der Waals surface area contributed by atoms with E-state index in [0.29, 0.717) is 16.1 Å². The zero-order valence-corrected chi connectivity index (χ0v) is 13.0. The fourth-order valence-corrected chi connectivity index (χ4v) is 3.43. The van der Waals surface area contributed by atoms with Crippen LogP contribution in [0.2, 0.25) is 10.0 Å². The first-order valence-corrected chi connectivity index (χ1v) is 7.97. The maximum absolute atomic E-state index is 6.35. The molecule has 1 fully saturated rings. The van der Waals surface area contributed by atoms with Crippen LogP contribution in [0.25, 0.3) is 0 Å². The predicted molar refractivity (Wildman–Crippen MR) is 88.5 cm³/mol. The lowest BCUT2D eigenvalue weighted by molar-refractivity contribution is 0.675. The minimum atomic E-state index is 0.153. The Morgan fingerprint density at radius 2 is 2.00 bits per heavy atom. The van der Waals surface area contributed by atoms with Gasteiger partial charge in [-0.15, -0.1) is 0 Å². The van der Waals surface area contributed by atoms with Gasteiger partial charge in [-0.2, -0.15) is 0 Å². The van der Waals surface area contributed by atoms with Crippen LogP contribution in [0.3, 0.4) is 0 Å². The second-order valence-electron chi connectivity index (χ2n) is 5.68. The summed E-state index contributed by atoms with van der Waals surface area (Å²) in [5.41, 5.74) is 3.50. The number of hydrogen-bond donors (Lipinski definition) is 1. The van der Waals surface area contributed by atoms with Gasteiger partial charge in [-0.05, 0) is 42.7 Å². The number of halogens is 2. The first-order chi connectivity index (χ1) is 10.2. The number of benzene rings is 2. The zero-order valence-electron chi connectivity index (χ0n) is 11.4. The summed E-state index contributed by atoms with van der Waals surface area (Å²) in [7, 11) is 0. The van der Waals surface area contributed by atoms with Crippen molar-refractivity contribution >= 4 is 34.6 Å². The Balaban J connectivity index is 1.74. The maximum Gasteiger partial charge on any atom is 0.0704 e. The molecular formula is C17H15Cl2N2. The fourth-order valence-electron chi connectivity index (χ4n) is 3.01. The molecule has 2 nitrogen and oxygen atoms in total. The fraction of sp³-hybridized carbons (Fsp3) is 0.294. The molecule has 2 aromatic rings. The Morgan fingerprint density at radius 3 is 2.81 bits per heavy atom. The molecule has 107 valence electrons. The normalized spacial score (nSPS) is 20.9. The van der Waals surface area contributed by atoms with Gasteiger partial charge < -0.3 is 10.2 Å². The minimum Gasteiger partial charge on any atom is -0.375 e. The van der Waals surface area contributed by atoms with Crippen molar-refractivity contribution in [3.8, 4) is 0 Å². The van der Waals surface area contributed by atoms with Gasteiger partial charge in [0.05, 0.1) is 17.4 Å². The van der Waals surface area contributed by atoms with E-state index in [9.17, 15) is 0 Å².